The number of nitrogens with one attached hydrogen (secondary N) is 1. The Morgan fingerprint density at radius 3 is 2.83 bits per heavy atom. The highest BCUT2D eigenvalue weighted by Gasteiger charge is 1.93. The van der Waals surface area contributed by atoms with Crippen LogP contribution in [0.1, 0.15) is 44.6 Å². The fourth-order valence-corrected chi connectivity index (χ4v) is 1.79. The molecule has 0 saturated carbocycles. The van der Waals surface area contributed by atoms with Crippen molar-refractivity contribution in [3.63, 3.8) is 0 Å². The van der Waals surface area contributed by atoms with Gasteiger partial charge in [-0.2, -0.15) is 0 Å². The van der Waals surface area contributed by atoms with Crippen LogP contribution in [0.25, 0.3) is 0 Å². The standard InChI is InChI=1S/C15H26N2O/c1-2-3-4-5-6-11-18-12-10-17-14-15-8-7-9-16-13-15/h7-9,13,17H,2-6,10-12,14H2,1H3. The van der Waals surface area contributed by atoms with Crippen molar-refractivity contribution in [3.8, 4) is 0 Å². The van der Waals surface area contributed by atoms with Gasteiger partial charge in [0, 0.05) is 32.1 Å². The van der Waals surface area contributed by atoms with E-state index in [9.17, 15) is 0 Å². The third kappa shape index (κ3) is 8.20. The molecule has 0 aromatic carbocycles. The molecule has 0 aliphatic carbocycles. The van der Waals surface area contributed by atoms with Crippen molar-refractivity contribution in [2.75, 3.05) is 19.8 Å². The average Bonchev–Trinajstić information content (AvgIpc) is 2.42. The number of hydrogen-bond donors (Lipinski definition) is 1. The number of aromatic nitrogens is 1. The van der Waals surface area contributed by atoms with Crippen LogP contribution < -0.4 is 5.32 Å². The molecule has 3 heteroatoms. The minimum absolute atomic E-state index is 0.800. The monoisotopic (exact) mass is 250 g/mol. The molecule has 1 aromatic heterocycles. The maximum Gasteiger partial charge on any atom is 0.0591 e. The van der Waals surface area contributed by atoms with E-state index < -0.39 is 0 Å². The highest BCUT2D eigenvalue weighted by Crippen LogP contribution is 2.02. The minimum Gasteiger partial charge on any atom is -0.380 e. The van der Waals surface area contributed by atoms with Crippen LogP contribution in [0, 0.1) is 0 Å². The maximum absolute atomic E-state index is 5.57. The van der Waals surface area contributed by atoms with Crippen LogP contribution in [0.2, 0.25) is 0 Å². The summed E-state index contributed by atoms with van der Waals surface area (Å²) in [7, 11) is 0. The summed E-state index contributed by atoms with van der Waals surface area (Å²) in [6, 6.07) is 4.04. The number of nitrogens with zero attached hydrogens (tertiary/aromatic N) is 1. The lowest BCUT2D eigenvalue weighted by Gasteiger charge is -2.06. The Morgan fingerprint density at radius 2 is 2.06 bits per heavy atom. The molecule has 0 bridgehead atoms. The zero-order chi connectivity index (χ0) is 12.9. The molecule has 1 aromatic rings. The second kappa shape index (κ2) is 11.2. The van der Waals surface area contributed by atoms with Crippen molar-refractivity contribution < 1.29 is 4.74 Å². The molecule has 0 radical (unpaired) electrons. The van der Waals surface area contributed by atoms with Gasteiger partial charge in [0.05, 0.1) is 6.61 Å². The summed E-state index contributed by atoms with van der Waals surface area (Å²) in [6.45, 7) is 5.72. The highest BCUT2D eigenvalue weighted by molar-refractivity contribution is 5.07. The Bertz CT molecular complexity index is 277. The van der Waals surface area contributed by atoms with Gasteiger partial charge in [0.1, 0.15) is 0 Å². The zero-order valence-electron chi connectivity index (χ0n) is 11.5. The Kier molecular flexibility index (Phi) is 9.39. The predicted molar refractivity (Wildman–Crippen MR) is 75.5 cm³/mol. The summed E-state index contributed by atoms with van der Waals surface area (Å²) >= 11 is 0. The fourth-order valence-electron chi connectivity index (χ4n) is 1.79. The van der Waals surface area contributed by atoms with Gasteiger partial charge in [0.2, 0.25) is 0 Å². The first-order valence-corrected chi connectivity index (χ1v) is 7.11. The summed E-state index contributed by atoms with van der Waals surface area (Å²) in [6.07, 6.45) is 10.2. The van der Waals surface area contributed by atoms with E-state index in [2.05, 4.69) is 23.3 Å². The van der Waals surface area contributed by atoms with Gasteiger partial charge in [-0.1, -0.05) is 38.7 Å². The molecular formula is C15H26N2O. The van der Waals surface area contributed by atoms with Crippen LogP contribution in [0.3, 0.4) is 0 Å². The summed E-state index contributed by atoms with van der Waals surface area (Å²) < 4.78 is 5.57. The topological polar surface area (TPSA) is 34.1 Å². The van der Waals surface area contributed by atoms with Gasteiger partial charge in [-0.05, 0) is 18.1 Å². The van der Waals surface area contributed by atoms with E-state index in [1.54, 1.807) is 6.20 Å². The normalized spacial score (nSPS) is 10.7. The number of pyridine rings is 1. The first-order valence-electron chi connectivity index (χ1n) is 7.11. The number of ether oxygens (including phenoxy) is 1. The largest absolute Gasteiger partial charge is 0.380 e. The van der Waals surface area contributed by atoms with Crippen LogP contribution in [-0.4, -0.2) is 24.7 Å². The van der Waals surface area contributed by atoms with Crippen molar-refractivity contribution in [2.24, 2.45) is 0 Å². The first-order chi connectivity index (χ1) is 8.93. The van der Waals surface area contributed by atoms with E-state index in [0.717, 1.165) is 26.3 Å². The Labute approximate surface area is 111 Å². The molecule has 0 spiro atoms. The van der Waals surface area contributed by atoms with E-state index in [-0.39, 0.29) is 0 Å². The fraction of sp³-hybridized carbons (Fsp3) is 0.667. The Morgan fingerprint density at radius 1 is 1.17 bits per heavy atom. The third-order valence-corrected chi connectivity index (χ3v) is 2.87. The molecule has 0 amide bonds. The van der Waals surface area contributed by atoms with Crippen molar-refractivity contribution >= 4 is 0 Å². The number of unbranched alkanes of at least 4 members (excludes halogenated alkanes) is 4. The van der Waals surface area contributed by atoms with E-state index >= 15 is 0 Å². The molecule has 1 heterocycles. The smallest absolute Gasteiger partial charge is 0.0591 e. The number of hydrogen-bond acceptors (Lipinski definition) is 3. The molecule has 0 aliphatic rings. The predicted octanol–water partition coefficient (Wildman–Crippen LogP) is 3.16. The van der Waals surface area contributed by atoms with Crippen LogP contribution in [-0.2, 0) is 11.3 Å². The third-order valence-electron chi connectivity index (χ3n) is 2.87. The van der Waals surface area contributed by atoms with Gasteiger partial charge in [-0.25, -0.2) is 0 Å². The van der Waals surface area contributed by atoms with E-state index in [0.29, 0.717) is 0 Å². The quantitative estimate of drug-likeness (QED) is 0.613. The molecule has 18 heavy (non-hydrogen) atoms. The summed E-state index contributed by atoms with van der Waals surface area (Å²) in [5, 5.41) is 3.35. The second-order valence-electron chi connectivity index (χ2n) is 4.56. The number of rotatable bonds is 11. The lowest BCUT2D eigenvalue weighted by Crippen LogP contribution is -2.19. The molecule has 102 valence electrons. The van der Waals surface area contributed by atoms with E-state index in [4.69, 9.17) is 4.74 Å². The van der Waals surface area contributed by atoms with Crippen LogP contribution >= 0.6 is 0 Å². The van der Waals surface area contributed by atoms with Crippen LogP contribution in [0.15, 0.2) is 24.5 Å². The van der Waals surface area contributed by atoms with Crippen molar-refractivity contribution in [1.82, 2.24) is 10.3 Å². The molecule has 1 N–H and O–H groups in total. The molecule has 0 saturated heterocycles. The molecule has 0 unspecified atom stereocenters. The maximum atomic E-state index is 5.57. The summed E-state index contributed by atoms with van der Waals surface area (Å²) in [4.78, 5) is 4.08. The SMILES string of the molecule is CCCCCCCOCCNCc1cccnc1. The van der Waals surface area contributed by atoms with Gasteiger partial charge in [0.15, 0.2) is 0 Å². The first kappa shape index (κ1) is 15.1. The average molecular weight is 250 g/mol. The molecule has 0 aliphatic heterocycles. The summed E-state index contributed by atoms with van der Waals surface area (Å²) in [5.74, 6) is 0. The zero-order valence-corrected chi connectivity index (χ0v) is 11.5. The van der Waals surface area contributed by atoms with Crippen molar-refractivity contribution in [1.29, 1.82) is 0 Å². The lowest BCUT2D eigenvalue weighted by molar-refractivity contribution is 0.131. The van der Waals surface area contributed by atoms with Gasteiger partial charge < -0.3 is 10.1 Å². The van der Waals surface area contributed by atoms with Crippen LogP contribution in [0.4, 0.5) is 0 Å². The van der Waals surface area contributed by atoms with Gasteiger partial charge in [-0.15, -0.1) is 0 Å². The van der Waals surface area contributed by atoms with E-state index in [1.165, 1.54) is 37.7 Å². The molecule has 1 rings (SSSR count). The van der Waals surface area contributed by atoms with Gasteiger partial charge >= 0.3 is 0 Å². The molecule has 0 atom stereocenters. The minimum atomic E-state index is 0.800. The van der Waals surface area contributed by atoms with E-state index in [1.807, 2.05) is 12.3 Å². The summed E-state index contributed by atoms with van der Waals surface area (Å²) in [5.41, 5.74) is 1.22. The molecule has 3 nitrogen and oxygen atoms in total. The molecular weight excluding hydrogens is 224 g/mol. The Hall–Kier alpha value is -0.930. The Balaban J connectivity index is 1.82. The van der Waals surface area contributed by atoms with Crippen LogP contribution in [0.5, 0.6) is 0 Å². The molecule has 0 fully saturated rings. The van der Waals surface area contributed by atoms with Crippen molar-refractivity contribution in [2.45, 2.75) is 45.6 Å². The van der Waals surface area contributed by atoms with Crippen molar-refractivity contribution in [3.05, 3.63) is 30.1 Å². The highest BCUT2D eigenvalue weighted by atomic mass is 16.5. The van der Waals surface area contributed by atoms with Gasteiger partial charge in [0.25, 0.3) is 0 Å². The lowest BCUT2D eigenvalue weighted by atomic mass is 10.2. The second-order valence-corrected chi connectivity index (χ2v) is 4.56. The van der Waals surface area contributed by atoms with Gasteiger partial charge in [-0.3, -0.25) is 4.98 Å².